The second-order valence-electron chi connectivity index (χ2n) is 8.09. The van der Waals surface area contributed by atoms with E-state index in [0.29, 0.717) is 0 Å². The van der Waals surface area contributed by atoms with Gasteiger partial charge in [-0.05, 0) is 48.5 Å². The summed E-state index contributed by atoms with van der Waals surface area (Å²) in [5.41, 5.74) is -1.02. The van der Waals surface area contributed by atoms with Gasteiger partial charge in [0.25, 0.3) is 0 Å². The molecule has 3 aromatic carbocycles. The maximum atomic E-state index is 15.9. The normalized spacial score (nSPS) is 9.50. The van der Waals surface area contributed by atoms with Crippen molar-refractivity contribution < 1.29 is 46.9 Å². The van der Waals surface area contributed by atoms with Crippen LogP contribution in [-0.4, -0.2) is 23.9 Å². The zero-order valence-electron chi connectivity index (χ0n) is 22.8. The monoisotopic (exact) mass is 594 g/mol. The fourth-order valence-electron chi connectivity index (χ4n) is 3.14. The van der Waals surface area contributed by atoms with Gasteiger partial charge in [-0.2, -0.15) is 0 Å². The highest BCUT2D eigenvalue weighted by Crippen LogP contribution is 2.37. The molecule has 44 heavy (non-hydrogen) atoms. The molecule has 0 radical (unpaired) electrons. The second-order valence-corrected chi connectivity index (χ2v) is 8.09. The van der Waals surface area contributed by atoms with Crippen LogP contribution in [0.2, 0.25) is 0 Å². The van der Waals surface area contributed by atoms with Gasteiger partial charge in [0.2, 0.25) is 0 Å². The Kier molecular flexibility index (Phi) is 10.9. The third kappa shape index (κ3) is 8.26. The lowest BCUT2D eigenvalue weighted by Crippen LogP contribution is -2.13. The number of benzene rings is 3. The lowest BCUT2D eigenvalue weighted by atomic mass is 10.1. The van der Waals surface area contributed by atoms with Gasteiger partial charge in [0.1, 0.15) is 22.6 Å². The molecule has 0 aromatic heterocycles. The Bertz CT molecular complexity index is 1680. The minimum atomic E-state index is -1.37. The molecule has 0 fully saturated rings. The Balaban J connectivity index is 2.16. The van der Waals surface area contributed by atoms with Gasteiger partial charge in [-0.15, -0.1) is 0 Å². The summed E-state index contributed by atoms with van der Waals surface area (Å²) in [5.74, 6) is 2.00. The van der Waals surface area contributed by atoms with Crippen molar-refractivity contribution in [2.75, 3.05) is 0 Å². The first-order valence-electron chi connectivity index (χ1n) is 12.3. The molecule has 3 rings (SSSR count). The van der Waals surface area contributed by atoms with E-state index in [2.05, 4.69) is 50.0 Å². The number of carbonyl (C=O) groups excluding carboxylic acids is 4. The van der Waals surface area contributed by atoms with Crippen LogP contribution in [0.4, 0.5) is 8.78 Å². The average molecular weight is 595 g/mol. The molecule has 0 heterocycles. The molecule has 0 aliphatic heterocycles. The lowest BCUT2D eigenvalue weighted by molar-refractivity contribution is -0.130. The first-order valence-corrected chi connectivity index (χ1v) is 12.3. The van der Waals surface area contributed by atoms with Gasteiger partial charge < -0.3 is 18.9 Å². The number of halogens is 2. The highest BCUT2D eigenvalue weighted by molar-refractivity contribution is 5.86. The fraction of sp³-hybridized carbons (Fsp3) is 0. The van der Waals surface area contributed by atoms with Crippen LogP contribution in [0.15, 0.2) is 99.2 Å². The zero-order chi connectivity index (χ0) is 32.2. The molecule has 0 saturated carbocycles. The van der Waals surface area contributed by atoms with Gasteiger partial charge in [0.05, 0.1) is 0 Å². The number of rotatable bonds is 8. The standard InChI is InChI=1S/C34H20F2O8/c1-5-27(37)41-23-15-9-21(10-16-23)13-19-25-31(35)34(44-30(40)8-4)26(32(36)33(25)43-29(39)7-3)20-14-22-11-17-24(18-12-22)42-28(38)6-2/h5-12,15-18H,1-4H2. The average Bonchev–Trinajstić information content (AvgIpc) is 3.03. The van der Waals surface area contributed by atoms with Crippen LogP contribution in [0.3, 0.4) is 0 Å². The van der Waals surface area contributed by atoms with Crippen molar-refractivity contribution in [1.29, 1.82) is 0 Å². The summed E-state index contributed by atoms with van der Waals surface area (Å²) in [5, 5.41) is 0. The lowest BCUT2D eigenvalue weighted by Gasteiger charge is -2.13. The Hall–Kier alpha value is -6.52. The molecule has 0 spiro atoms. The molecule has 0 amide bonds. The number of carbonyl (C=O) groups is 4. The van der Waals surface area contributed by atoms with Gasteiger partial charge in [-0.1, -0.05) is 50.0 Å². The third-order valence-electron chi connectivity index (χ3n) is 5.17. The third-order valence-corrected chi connectivity index (χ3v) is 5.17. The Morgan fingerprint density at radius 1 is 0.500 bits per heavy atom. The SMILES string of the molecule is C=CC(=O)Oc1ccc(C#Cc2c(F)c(OC(=O)C=C)c(C#Cc3ccc(OC(=O)C=C)cc3)c(F)c2OC(=O)C=C)cc1. The summed E-state index contributed by atoms with van der Waals surface area (Å²) in [6, 6.07) is 11.3. The van der Waals surface area contributed by atoms with Gasteiger partial charge in [0.15, 0.2) is 23.1 Å². The maximum absolute atomic E-state index is 15.9. The zero-order valence-corrected chi connectivity index (χ0v) is 22.8. The minimum absolute atomic E-state index is 0.173. The molecule has 218 valence electrons. The summed E-state index contributed by atoms with van der Waals surface area (Å²) >= 11 is 0. The van der Waals surface area contributed by atoms with E-state index in [0.717, 1.165) is 24.3 Å². The smallest absolute Gasteiger partial charge is 0.335 e. The second kappa shape index (κ2) is 14.9. The van der Waals surface area contributed by atoms with Crippen LogP contribution in [-0.2, 0) is 19.2 Å². The van der Waals surface area contributed by atoms with Crippen molar-refractivity contribution in [3.05, 3.63) is 133 Å². The molecule has 0 aliphatic carbocycles. The van der Waals surface area contributed by atoms with Crippen LogP contribution in [0.25, 0.3) is 0 Å². The highest BCUT2D eigenvalue weighted by Gasteiger charge is 2.28. The van der Waals surface area contributed by atoms with E-state index < -0.39 is 58.1 Å². The van der Waals surface area contributed by atoms with E-state index in [1.165, 1.54) is 48.5 Å². The van der Waals surface area contributed by atoms with E-state index in [1.54, 1.807) is 0 Å². The first kappa shape index (κ1) is 32.0. The molecule has 0 saturated heterocycles. The number of hydrogen-bond acceptors (Lipinski definition) is 8. The first-order chi connectivity index (χ1) is 21.1. The van der Waals surface area contributed by atoms with Crippen molar-refractivity contribution in [3.63, 3.8) is 0 Å². The summed E-state index contributed by atoms with van der Waals surface area (Å²) < 4.78 is 51.8. The molecule has 3 aromatic rings. The van der Waals surface area contributed by atoms with E-state index in [4.69, 9.17) is 18.9 Å². The minimum Gasteiger partial charge on any atom is -0.423 e. The van der Waals surface area contributed by atoms with Crippen LogP contribution >= 0.6 is 0 Å². The Morgan fingerprint density at radius 3 is 1.09 bits per heavy atom. The summed E-state index contributed by atoms with van der Waals surface area (Å²) in [4.78, 5) is 46.8. The summed E-state index contributed by atoms with van der Waals surface area (Å²) in [6.07, 6.45) is 3.38. The van der Waals surface area contributed by atoms with Crippen LogP contribution < -0.4 is 18.9 Å². The molecule has 8 nitrogen and oxygen atoms in total. The topological polar surface area (TPSA) is 105 Å². The van der Waals surface area contributed by atoms with Gasteiger partial charge in [0, 0.05) is 35.4 Å². The molecule has 0 bridgehead atoms. The summed E-state index contributed by atoms with van der Waals surface area (Å²) in [6.45, 7) is 13.1. The number of hydrogen-bond donors (Lipinski definition) is 0. The molecular formula is C34H20F2O8. The predicted octanol–water partition coefficient (Wildman–Crippen LogP) is 5.13. The maximum Gasteiger partial charge on any atom is 0.335 e. The van der Waals surface area contributed by atoms with Gasteiger partial charge in [-0.3, -0.25) is 0 Å². The highest BCUT2D eigenvalue weighted by atomic mass is 19.1. The largest absolute Gasteiger partial charge is 0.423 e. The van der Waals surface area contributed by atoms with E-state index >= 15 is 8.78 Å². The molecular weight excluding hydrogens is 574 g/mol. The van der Waals surface area contributed by atoms with E-state index in [9.17, 15) is 19.2 Å². The summed E-state index contributed by atoms with van der Waals surface area (Å²) in [7, 11) is 0. The van der Waals surface area contributed by atoms with Crippen LogP contribution in [0, 0.1) is 35.3 Å². The van der Waals surface area contributed by atoms with Crippen molar-refractivity contribution in [1.82, 2.24) is 0 Å². The van der Waals surface area contributed by atoms with E-state index in [-0.39, 0.29) is 22.6 Å². The van der Waals surface area contributed by atoms with Crippen molar-refractivity contribution in [3.8, 4) is 46.7 Å². The van der Waals surface area contributed by atoms with E-state index in [1.807, 2.05) is 0 Å². The molecule has 0 aliphatic rings. The van der Waals surface area contributed by atoms with Crippen molar-refractivity contribution in [2.45, 2.75) is 0 Å². The van der Waals surface area contributed by atoms with Crippen molar-refractivity contribution >= 4 is 23.9 Å². The number of esters is 4. The quantitative estimate of drug-likeness (QED) is 0.153. The molecule has 0 atom stereocenters. The molecule has 0 unspecified atom stereocenters. The van der Waals surface area contributed by atoms with Crippen molar-refractivity contribution in [2.24, 2.45) is 0 Å². The fourth-order valence-corrected chi connectivity index (χ4v) is 3.14. The number of ether oxygens (including phenoxy) is 4. The van der Waals surface area contributed by atoms with Gasteiger partial charge >= 0.3 is 23.9 Å². The van der Waals surface area contributed by atoms with Gasteiger partial charge in [-0.25, -0.2) is 28.0 Å². The van der Waals surface area contributed by atoms with Crippen LogP contribution in [0.1, 0.15) is 22.3 Å². The Labute approximate surface area is 250 Å². The molecule has 10 heteroatoms. The molecule has 0 N–H and O–H groups in total. The van der Waals surface area contributed by atoms with Crippen LogP contribution in [0.5, 0.6) is 23.0 Å². The Morgan fingerprint density at radius 2 is 0.795 bits per heavy atom. The predicted molar refractivity (Wildman–Crippen MR) is 155 cm³/mol.